The lowest BCUT2D eigenvalue weighted by molar-refractivity contribution is -0.323. The van der Waals surface area contributed by atoms with Crippen LogP contribution in [0, 0.1) is 12.3 Å². The Morgan fingerprint density at radius 2 is 1.94 bits per heavy atom. The first-order valence-electron chi connectivity index (χ1n) is 11.0. The quantitative estimate of drug-likeness (QED) is 0.664. The van der Waals surface area contributed by atoms with E-state index in [-0.39, 0.29) is 23.7 Å². The van der Waals surface area contributed by atoms with Crippen LogP contribution in [0.2, 0.25) is 0 Å². The molecule has 9 heteroatoms. The largest absolute Gasteiger partial charge is 0.522 e. The number of hydrogen-bond donors (Lipinski definition) is 0. The third-order valence-corrected chi connectivity index (χ3v) is 6.54. The Labute approximate surface area is 190 Å². The van der Waals surface area contributed by atoms with Crippen molar-refractivity contribution < 1.29 is 22.6 Å². The van der Waals surface area contributed by atoms with Crippen molar-refractivity contribution in [2.45, 2.75) is 39.2 Å². The van der Waals surface area contributed by atoms with E-state index in [1.807, 2.05) is 29.2 Å². The Bertz CT molecular complexity index is 1080. The van der Waals surface area contributed by atoms with Crippen LogP contribution >= 0.6 is 0 Å². The predicted molar refractivity (Wildman–Crippen MR) is 121 cm³/mol. The number of ether oxygens (including phenoxy) is 2. The number of aromatic nitrogens is 1. The first-order valence-corrected chi connectivity index (χ1v) is 11.0. The van der Waals surface area contributed by atoms with Gasteiger partial charge in [-0.1, -0.05) is 13.0 Å². The van der Waals surface area contributed by atoms with E-state index >= 15 is 0 Å². The molecule has 0 amide bonds. The SMILES string of the molecule is Cc1cc(-c2ccc3c(c2)C=NC(C2(C)CCOCC2)N3CCOC(F)(F)F)cn(C)c1=O. The zero-order valence-corrected chi connectivity index (χ0v) is 19.0. The van der Waals surface area contributed by atoms with Gasteiger partial charge >= 0.3 is 6.36 Å². The van der Waals surface area contributed by atoms with E-state index < -0.39 is 13.0 Å². The van der Waals surface area contributed by atoms with Gasteiger partial charge in [0.05, 0.1) is 6.61 Å². The molecule has 1 aromatic heterocycles. The fourth-order valence-corrected chi connectivity index (χ4v) is 4.65. The normalized spacial score (nSPS) is 20.1. The second-order valence-corrected chi connectivity index (χ2v) is 9.01. The Balaban J connectivity index is 1.69. The first kappa shape index (κ1) is 23.5. The van der Waals surface area contributed by atoms with Crippen LogP contribution in [0.3, 0.4) is 0 Å². The molecule has 1 atom stereocenters. The van der Waals surface area contributed by atoms with E-state index in [2.05, 4.69) is 11.7 Å². The fourth-order valence-electron chi connectivity index (χ4n) is 4.65. The van der Waals surface area contributed by atoms with Crippen LogP contribution in [0.1, 0.15) is 30.9 Å². The van der Waals surface area contributed by atoms with Crippen LogP contribution in [-0.2, 0) is 16.5 Å². The molecule has 2 aliphatic heterocycles. The number of pyridine rings is 1. The van der Waals surface area contributed by atoms with Crippen molar-refractivity contribution in [3.63, 3.8) is 0 Å². The molecule has 3 heterocycles. The van der Waals surface area contributed by atoms with Gasteiger partial charge in [-0.25, -0.2) is 0 Å². The molecule has 33 heavy (non-hydrogen) atoms. The van der Waals surface area contributed by atoms with E-state index in [1.165, 1.54) is 0 Å². The summed E-state index contributed by atoms with van der Waals surface area (Å²) in [5, 5.41) is 0. The second kappa shape index (κ2) is 8.95. The molecule has 1 saturated heterocycles. The number of fused-ring (bicyclic) bond motifs is 1. The summed E-state index contributed by atoms with van der Waals surface area (Å²) in [4.78, 5) is 18.8. The Kier molecular flexibility index (Phi) is 6.37. The lowest BCUT2D eigenvalue weighted by Crippen LogP contribution is -2.51. The summed E-state index contributed by atoms with van der Waals surface area (Å²) in [6.07, 6.45) is 0.145. The third-order valence-electron chi connectivity index (χ3n) is 6.54. The molecule has 6 nitrogen and oxygen atoms in total. The van der Waals surface area contributed by atoms with E-state index in [1.54, 1.807) is 30.9 Å². The smallest absolute Gasteiger partial charge is 0.381 e. The van der Waals surface area contributed by atoms with Crippen molar-refractivity contribution in [2.24, 2.45) is 17.5 Å². The number of aliphatic imine (C=N–C) groups is 1. The van der Waals surface area contributed by atoms with Gasteiger partial charge in [-0.15, -0.1) is 13.2 Å². The molecule has 0 radical (unpaired) electrons. The summed E-state index contributed by atoms with van der Waals surface area (Å²) in [6, 6.07) is 7.64. The van der Waals surface area contributed by atoms with Gasteiger partial charge in [-0.2, -0.15) is 0 Å². The molecule has 0 aliphatic carbocycles. The highest BCUT2D eigenvalue weighted by molar-refractivity contribution is 5.92. The maximum absolute atomic E-state index is 12.7. The zero-order chi connectivity index (χ0) is 23.8. The molecule has 1 fully saturated rings. The molecule has 2 aromatic rings. The van der Waals surface area contributed by atoms with E-state index in [4.69, 9.17) is 9.73 Å². The minimum atomic E-state index is -4.68. The van der Waals surface area contributed by atoms with E-state index in [0.29, 0.717) is 18.8 Å². The van der Waals surface area contributed by atoms with Gasteiger partial charge in [-0.05, 0) is 49.1 Å². The number of benzene rings is 1. The minimum absolute atomic E-state index is 0.0540. The minimum Gasteiger partial charge on any atom is -0.381 e. The van der Waals surface area contributed by atoms with E-state index in [9.17, 15) is 18.0 Å². The van der Waals surface area contributed by atoms with Crippen molar-refractivity contribution in [3.05, 3.63) is 51.9 Å². The highest BCUT2D eigenvalue weighted by atomic mass is 19.4. The molecule has 2 aliphatic rings. The number of alkyl halides is 3. The number of hydrogen-bond acceptors (Lipinski definition) is 5. The Morgan fingerprint density at radius 3 is 2.61 bits per heavy atom. The maximum atomic E-state index is 12.7. The van der Waals surface area contributed by atoms with Gasteiger partial charge in [0.25, 0.3) is 5.56 Å². The van der Waals surface area contributed by atoms with Gasteiger partial charge in [0.15, 0.2) is 0 Å². The van der Waals surface area contributed by atoms with Crippen molar-refractivity contribution in [3.8, 4) is 11.1 Å². The molecule has 0 N–H and O–H groups in total. The second-order valence-electron chi connectivity index (χ2n) is 9.01. The van der Waals surface area contributed by atoms with Crippen molar-refractivity contribution in [2.75, 3.05) is 31.3 Å². The van der Waals surface area contributed by atoms with Gasteiger partial charge in [0.1, 0.15) is 6.17 Å². The van der Waals surface area contributed by atoms with Crippen LogP contribution < -0.4 is 10.5 Å². The van der Waals surface area contributed by atoms with Crippen LogP contribution in [-0.4, -0.2) is 49.7 Å². The highest BCUT2D eigenvalue weighted by Crippen LogP contribution is 2.42. The lowest BCUT2D eigenvalue weighted by Gasteiger charge is -2.46. The number of halogens is 3. The summed E-state index contributed by atoms with van der Waals surface area (Å²) in [6.45, 7) is 4.67. The molecule has 1 aromatic carbocycles. The zero-order valence-electron chi connectivity index (χ0n) is 19.0. The number of aryl methyl sites for hydroxylation is 2. The number of anilines is 1. The molecular formula is C24H28F3N3O3. The molecule has 178 valence electrons. The van der Waals surface area contributed by atoms with E-state index in [0.717, 1.165) is 35.2 Å². The van der Waals surface area contributed by atoms with Gasteiger partial charge in [0, 0.05) is 61.4 Å². The average Bonchev–Trinajstić information content (AvgIpc) is 2.76. The van der Waals surface area contributed by atoms with Gasteiger partial charge in [-0.3, -0.25) is 14.5 Å². The van der Waals surface area contributed by atoms with Crippen LogP contribution in [0.15, 0.2) is 40.2 Å². The molecule has 4 rings (SSSR count). The van der Waals surface area contributed by atoms with Crippen LogP contribution in [0.25, 0.3) is 11.1 Å². The van der Waals surface area contributed by atoms with Crippen molar-refractivity contribution >= 4 is 11.9 Å². The standard InChI is InChI=1S/C24H28F3N3O3/c1-16-12-19(15-29(3)21(16)31)17-4-5-20-18(13-17)14-28-22(23(2)6-9-32-10-7-23)30(20)8-11-33-24(25,26)27/h4-5,12-15,22H,6-11H2,1-3H3. The molecular weight excluding hydrogens is 435 g/mol. The molecule has 0 bridgehead atoms. The van der Waals surface area contributed by atoms with Crippen LogP contribution in [0.4, 0.5) is 18.9 Å². The molecule has 0 saturated carbocycles. The fraction of sp³-hybridized carbons (Fsp3) is 0.500. The number of rotatable bonds is 5. The third kappa shape index (κ3) is 4.99. The van der Waals surface area contributed by atoms with Crippen molar-refractivity contribution in [1.82, 2.24) is 4.57 Å². The average molecular weight is 464 g/mol. The summed E-state index contributed by atoms with van der Waals surface area (Å²) >= 11 is 0. The summed E-state index contributed by atoms with van der Waals surface area (Å²) in [5.74, 6) is 0. The topological polar surface area (TPSA) is 56.1 Å². The molecule has 1 unspecified atom stereocenters. The number of nitrogens with zero attached hydrogens (tertiary/aromatic N) is 3. The Morgan fingerprint density at radius 1 is 1.21 bits per heavy atom. The summed E-state index contributed by atoms with van der Waals surface area (Å²) in [7, 11) is 1.71. The van der Waals surface area contributed by atoms with Gasteiger partial charge in [0.2, 0.25) is 0 Å². The maximum Gasteiger partial charge on any atom is 0.522 e. The monoisotopic (exact) mass is 463 g/mol. The predicted octanol–water partition coefficient (Wildman–Crippen LogP) is 4.28. The van der Waals surface area contributed by atoms with Crippen LogP contribution in [0.5, 0.6) is 0 Å². The first-order chi connectivity index (χ1) is 15.6. The lowest BCUT2D eigenvalue weighted by atomic mass is 9.78. The highest BCUT2D eigenvalue weighted by Gasteiger charge is 2.41. The summed E-state index contributed by atoms with van der Waals surface area (Å²) in [5.41, 5.74) is 3.79. The summed E-state index contributed by atoms with van der Waals surface area (Å²) < 4.78 is 49.1. The molecule has 0 spiro atoms. The Hall–Kier alpha value is -2.65. The van der Waals surface area contributed by atoms with Crippen molar-refractivity contribution in [1.29, 1.82) is 0 Å². The van der Waals surface area contributed by atoms with Gasteiger partial charge < -0.3 is 14.2 Å².